The van der Waals surface area contributed by atoms with E-state index in [4.69, 9.17) is 4.42 Å². The average Bonchev–Trinajstić information content (AvgIpc) is 3.15. The highest BCUT2D eigenvalue weighted by atomic mass is 16.4. The lowest BCUT2D eigenvalue weighted by Crippen LogP contribution is -2.30. The molecule has 0 spiro atoms. The van der Waals surface area contributed by atoms with E-state index in [9.17, 15) is 10.0 Å². The molecular weight excluding hydrogens is 361 g/mol. The van der Waals surface area contributed by atoms with Gasteiger partial charge in [0.25, 0.3) is 0 Å². The molecule has 4 aromatic carbocycles. The summed E-state index contributed by atoms with van der Waals surface area (Å²) in [6.45, 7) is 0. The quantitative estimate of drug-likeness (QED) is 0.443. The zero-order valence-corrected chi connectivity index (χ0v) is 15.6. The minimum Gasteiger partial charge on any atom is -0.454 e. The molecule has 0 aliphatic carbocycles. The van der Waals surface area contributed by atoms with Crippen LogP contribution in [-0.4, -0.2) is 17.2 Å². The molecule has 0 radical (unpaired) electrons. The first-order valence-corrected chi connectivity index (χ1v) is 9.44. The van der Waals surface area contributed by atoms with Gasteiger partial charge in [-0.2, -0.15) is 0 Å². The van der Waals surface area contributed by atoms with Crippen molar-refractivity contribution in [3.63, 3.8) is 0 Å². The first kappa shape index (κ1) is 17.6. The minimum absolute atomic E-state index is 0.426. The van der Waals surface area contributed by atoms with Crippen LogP contribution in [0.15, 0.2) is 101 Å². The number of hydrogen-bond acceptors (Lipinski definition) is 4. The molecule has 2 N–H and O–H groups in total. The maximum Gasteiger partial charge on any atom is 0.489 e. The zero-order valence-electron chi connectivity index (χ0n) is 15.6. The highest BCUT2D eigenvalue weighted by molar-refractivity contribution is 6.63. The van der Waals surface area contributed by atoms with E-state index in [0.717, 1.165) is 22.4 Å². The number of nitrogens with zero attached hydrogens (tertiary/aromatic N) is 1. The van der Waals surface area contributed by atoms with Gasteiger partial charge < -0.3 is 19.4 Å². The van der Waals surface area contributed by atoms with E-state index in [1.807, 2.05) is 91.0 Å². The second kappa shape index (κ2) is 7.13. The average molecular weight is 379 g/mol. The molecule has 5 rings (SSSR count). The van der Waals surface area contributed by atoms with Crippen molar-refractivity contribution in [2.24, 2.45) is 0 Å². The maximum atomic E-state index is 9.96. The molecule has 0 saturated heterocycles. The van der Waals surface area contributed by atoms with Crippen LogP contribution in [0, 0.1) is 0 Å². The number of rotatable bonds is 4. The van der Waals surface area contributed by atoms with Crippen LogP contribution < -0.4 is 10.4 Å². The molecule has 0 bridgehead atoms. The van der Waals surface area contributed by atoms with E-state index >= 15 is 0 Å². The summed E-state index contributed by atoms with van der Waals surface area (Å²) in [5.41, 5.74) is 4.55. The molecule has 29 heavy (non-hydrogen) atoms. The van der Waals surface area contributed by atoms with Crippen LogP contribution in [0.2, 0.25) is 0 Å². The number of benzene rings is 4. The molecule has 140 valence electrons. The second-order valence-corrected chi connectivity index (χ2v) is 6.86. The summed E-state index contributed by atoms with van der Waals surface area (Å²) in [6, 6.07) is 31.4. The summed E-state index contributed by atoms with van der Waals surface area (Å²) < 4.78 is 6.23. The van der Waals surface area contributed by atoms with E-state index in [1.54, 1.807) is 6.07 Å². The Balaban J connectivity index is 1.86. The van der Waals surface area contributed by atoms with Crippen molar-refractivity contribution >= 4 is 51.6 Å². The molecule has 0 saturated carbocycles. The van der Waals surface area contributed by atoms with Gasteiger partial charge in [-0.05, 0) is 41.9 Å². The van der Waals surface area contributed by atoms with Gasteiger partial charge in [0.1, 0.15) is 5.58 Å². The van der Waals surface area contributed by atoms with Crippen LogP contribution in [-0.2, 0) is 0 Å². The normalized spacial score (nSPS) is 11.1. The van der Waals surface area contributed by atoms with Gasteiger partial charge >= 0.3 is 7.12 Å². The third-order valence-electron chi connectivity index (χ3n) is 5.09. The fraction of sp³-hybridized carbons (Fsp3) is 0. The second-order valence-electron chi connectivity index (χ2n) is 6.86. The molecule has 0 aliphatic rings. The molecule has 5 aromatic rings. The largest absolute Gasteiger partial charge is 0.489 e. The highest BCUT2D eigenvalue weighted by Gasteiger charge is 2.24. The third kappa shape index (κ3) is 2.97. The Labute approximate surface area is 168 Å². The van der Waals surface area contributed by atoms with Gasteiger partial charge in [-0.15, -0.1) is 0 Å². The fourth-order valence-corrected chi connectivity index (χ4v) is 3.81. The number of furan rings is 1. The van der Waals surface area contributed by atoms with E-state index in [-0.39, 0.29) is 0 Å². The van der Waals surface area contributed by atoms with Gasteiger partial charge in [0, 0.05) is 22.1 Å². The highest BCUT2D eigenvalue weighted by Crippen LogP contribution is 2.41. The van der Waals surface area contributed by atoms with Crippen LogP contribution in [0.25, 0.3) is 21.9 Å². The smallest absolute Gasteiger partial charge is 0.454 e. The van der Waals surface area contributed by atoms with E-state index in [0.29, 0.717) is 22.0 Å². The first-order valence-electron chi connectivity index (χ1n) is 9.44. The Morgan fingerprint density at radius 3 is 1.86 bits per heavy atom. The number of para-hydroxylation sites is 3. The summed E-state index contributed by atoms with van der Waals surface area (Å²) >= 11 is 0. The van der Waals surface area contributed by atoms with Crippen molar-refractivity contribution in [3.8, 4) is 0 Å². The Kier molecular flexibility index (Phi) is 4.32. The van der Waals surface area contributed by atoms with Crippen LogP contribution in [0.1, 0.15) is 0 Å². The van der Waals surface area contributed by atoms with Gasteiger partial charge in [-0.1, -0.05) is 60.7 Å². The van der Waals surface area contributed by atoms with Crippen molar-refractivity contribution < 1.29 is 14.5 Å². The van der Waals surface area contributed by atoms with Gasteiger partial charge in [0.2, 0.25) is 0 Å². The molecule has 4 nitrogen and oxygen atoms in total. The molecule has 0 fully saturated rings. The molecule has 0 aliphatic heterocycles. The monoisotopic (exact) mass is 379 g/mol. The van der Waals surface area contributed by atoms with Crippen LogP contribution in [0.5, 0.6) is 0 Å². The lowest BCUT2D eigenvalue weighted by Gasteiger charge is -2.25. The standard InChI is InChI=1S/C24H18BNO3/c27-25(28)20-15-16-21(24-23(20)19-13-7-8-14-22(19)29-24)26(17-9-3-1-4-10-17)18-11-5-2-6-12-18/h1-16,27-28H. The summed E-state index contributed by atoms with van der Waals surface area (Å²) in [4.78, 5) is 2.11. The van der Waals surface area contributed by atoms with E-state index in [2.05, 4.69) is 4.90 Å². The van der Waals surface area contributed by atoms with E-state index < -0.39 is 7.12 Å². The van der Waals surface area contributed by atoms with Crippen LogP contribution in [0.4, 0.5) is 17.1 Å². The molecule has 0 amide bonds. The van der Waals surface area contributed by atoms with E-state index in [1.165, 1.54) is 0 Å². The fourth-order valence-electron chi connectivity index (χ4n) is 3.81. The Bertz CT molecular complexity index is 1240. The topological polar surface area (TPSA) is 56.8 Å². The van der Waals surface area contributed by atoms with Crippen molar-refractivity contribution in [3.05, 3.63) is 97.1 Å². The van der Waals surface area contributed by atoms with Gasteiger partial charge in [-0.25, -0.2) is 0 Å². The molecular formula is C24H18BNO3. The number of hydrogen-bond donors (Lipinski definition) is 2. The van der Waals surface area contributed by atoms with Gasteiger partial charge in [0.15, 0.2) is 5.58 Å². The van der Waals surface area contributed by atoms with Crippen LogP contribution >= 0.6 is 0 Å². The minimum atomic E-state index is -1.59. The predicted octanol–water partition coefficient (Wildman–Crippen LogP) is 4.74. The predicted molar refractivity (Wildman–Crippen MR) is 118 cm³/mol. The lowest BCUT2D eigenvalue weighted by atomic mass is 9.77. The molecule has 0 atom stereocenters. The lowest BCUT2D eigenvalue weighted by molar-refractivity contribution is 0.426. The Morgan fingerprint density at radius 1 is 0.655 bits per heavy atom. The SMILES string of the molecule is OB(O)c1ccc(N(c2ccccc2)c2ccccc2)c2oc3ccccc3c12. The summed E-state index contributed by atoms with van der Waals surface area (Å²) in [6.07, 6.45) is 0. The molecule has 0 unspecified atom stereocenters. The van der Waals surface area contributed by atoms with Crippen molar-refractivity contribution in [1.29, 1.82) is 0 Å². The summed E-state index contributed by atoms with van der Waals surface area (Å²) in [7, 11) is -1.59. The third-order valence-corrected chi connectivity index (χ3v) is 5.09. The maximum absolute atomic E-state index is 9.96. The van der Waals surface area contributed by atoms with Crippen molar-refractivity contribution in [2.45, 2.75) is 0 Å². The van der Waals surface area contributed by atoms with Gasteiger partial charge in [0.05, 0.1) is 5.69 Å². The molecule has 1 aromatic heterocycles. The van der Waals surface area contributed by atoms with Crippen LogP contribution in [0.3, 0.4) is 0 Å². The summed E-state index contributed by atoms with van der Waals surface area (Å²) in [5, 5.41) is 21.5. The zero-order chi connectivity index (χ0) is 19.8. The molecule has 1 heterocycles. The van der Waals surface area contributed by atoms with Crippen molar-refractivity contribution in [2.75, 3.05) is 4.90 Å². The number of anilines is 3. The molecule has 5 heteroatoms. The Morgan fingerprint density at radius 2 is 1.24 bits per heavy atom. The van der Waals surface area contributed by atoms with Gasteiger partial charge in [-0.3, -0.25) is 0 Å². The summed E-state index contributed by atoms with van der Waals surface area (Å²) in [5.74, 6) is 0. The van der Waals surface area contributed by atoms with Crippen molar-refractivity contribution in [1.82, 2.24) is 0 Å². The number of fused-ring (bicyclic) bond motifs is 3. The first-order chi connectivity index (χ1) is 14.2. The Hall–Kier alpha value is -3.54.